The van der Waals surface area contributed by atoms with Crippen molar-refractivity contribution < 1.29 is 14.3 Å². The molecule has 32 heavy (non-hydrogen) atoms. The quantitative estimate of drug-likeness (QED) is 0.396. The molecule has 0 bridgehead atoms. The molecule has 0 aliphatic carbocycles. The summed E-state index contributed by atoms with van der Waals surface area (Å²) in [5, 5.41) is 6.88. The molecule has 1 fully saturated rings. The molecule has 180 valence electrons. The molecule has 1 atom stereocenters. The lowest BCUT2D eigenvalue weighted by molar-refractivity contribution is -0.127. The van der Waals surface area contributed by atoms with Crippen molar-refractivity contribution >= 4 is 11.9 Å². The van der Waals surface area contributed by atoms with Gasteiger partial charge in [0.2, 0.25) is 5.91 Å². The average molecular weight is 448 g/mol. The zero-order chi connectivity index (χ0) is 23.3. The highest BCUT2D eigenvalue weighted by Gasteiger charge is 2.22. The number of benzene rings is 1. The van der Waals surface area contributed by atoms with Gasteiger partial charge in [0.1, 0.15) is 12.3 Å². The summed E-state index contributed by atoms with van der Waals surface area (Å²) in [5.41, 5.74) is 1.22. The highest BCUT2D eigenvalue weighted by molar-refractivity contribution is 5.84. The topological polar surface area (TPSA) is 78.4 Å². The second-order valence-electron chi connectivity index (χ2n) is 8.79. The van der Waals surface area contributed by atoms with Crippen molar-refractivity contribution in [2.45, 2.75) is 32.7 Å². The Morgan fingerprint density at radius 3 is 2.47 bits per heavy atom. The van der Waals surface area contributed by atoms with Gasteiger partial charge in [-0.05, 0) is 36.5 Å². The SMILES string of the molecule is COc1ccc(CCNC(=NCC(=O)N(C)C)NCC(CC(C)C)N2CCOCC2)cc1. The van der Waals surface area contributed by atoms with Crippen LogP contribution in [0.25, 0.3) is 0 Å². The second kappa shape index (κ2) is 14.0. The standard InChI is InChI=1S/C24H41N5O3/c1-19(2)16-21(29-12-14-32-15-13-29)17-26-24(27-18-23(30)28(3)4)25-11-10-20-6-8-22(31-5)9-7-20/h6-9,19,21H,10-18H2,1-5H3,(H2,25,26,27). The van der Waals surface area contributed by atoms with Crippen LogP contribution < -0.4 is 15.4 Å². The third-order valence-electron chi connectivity index (χ3n) is 5.55. The van der Waals surface area contributed by atoms with Crippen molar-refractivity contribution in [3.8, 4) is 5.75 Å². The molecule has 8 nitrogen and oxygen atoms in total. The second-order valence-corrected chi connectivity index (χ2v) is 8.79. The third-order valence-corrected chi connectivity index (χ3v) is 5.55. The Morgan fingerprint density at radius 1 is 1.19 bits per heavy atom. The van der Waals surface area contributed by atoms with E-state index < -0.39 is 0 Å². The van der Waals surface area contributed by atoms with Crippen LogP contribution in [0.1, 0.15) is 25.8 Å². The van der Waals surface area contributed by atoms with E-state index in [1.165, 1.54) is 5.56 Å². The van der Waals surface area contributed by atoms with Crippen molar-refractivity contribution in [3.63, 3.8) is 0 Å². The maximum absolute atomic E-state index is 12.1. The zero-order valence-corrected chi connectivity index (χ0v) is 20.4. The lowest BCUT2D eigenvalue weighted by Gasteiger charge is -2.35. The summed E-state index contributed by atoms with van der Waals surface area (Å²) in [6.45, 7) is 9.61. The van der Waals surface area contributed by atoms with Crippen LogP contribution >= 0.6 is 0 Å². The van der Waals surface area contributed by atoms with Crippen LogP contribution in [0.2, 0.25) is 0 Å². The number of hydrogen-bond acceptors (Lipinski definition) is 5. The maximum Gasteiger partial charge on any atom is 0.243 e. The van der Waals surface area contributed by atoms with E-state index in [4.69, 9.17) is 9.47 Å². The highest BCUT2D eigenvalue weighted by atomic mass is 16.5. The molecule has 0 radical (unpaired) electrons. The summed E-state index contributed by atoms with van der Waals surface area (Å²) in [6, 6.07) is 8.47. The average Bonchev–Trinajstić information content (AvgIpc) is 2.80. The molecule has 2 rings (SSSR count). The summed E-state index contributed by atoms with van der Waals surface area (Å²) in [4.78, 5) is 20.7. The van der Waals surface area contributed by atoms with E-state index in [1.54, 1.807) is 26.1 Å². The molecule has 1 aromatic rings. The molecule has 1 aliphatic rings. The molecule has 0 saturated carbocycles. The number of guanidine groups is 1. The van der Waals surface area contributed by atoms with Gasteiger partial charge in [-0.2, -0.15) is 0 Å². The van der Waals surface area contributed by atoms with Crippen molar-refractivity contribution in [3.05, 3.63) is 29.8 Å². The monoisotopic (exact) mass is 447 g/mol. The molecule has 1 aromatic carbocycles. The molecular weight excluding hydrogens is 406 g/mol. The van der Waals surface area contributed by atoms with E-state index in [0.29, 0.717) is 17.9 Å². The molecule has 0 aromatic heterocycles. The first-order valence-corrected chi connectivity index (χ1v) is 11.6. The number of rotatable bonds is 11. The highest BCUT2D eigenvalue weighted by Crippen LogP contribution is 2.13. The Kier molecular flexibility index (Phi) is 11.3. The molecule has 2 N–H and O–H groups in total. The minimum Gasteiger partial charge on any atom is -0.497 e. The number of amides is 1. The maximum atomic E-state index is 12.1. The van der Waals surface area contributed by atoms with E-state index in [1.807, 2.05) is 12.1 Å². The number of aliphatic imine (C=N–C) groups is 1. The Hall–Kier alpha value is -2.32. The number of nitrogens with one attached hydrogen (secondary N) is 2. The van der Waals surface area contributed by atoms with E-state index in [-0.39, 0.29) is 12.5 Å². The Labute approximate surface area is 193 Å². The van der Waals surface area contributed by atoms with E-state index in [2.05, 4.69) is 46.5 Å². The van der Waals surface area contributed by atoms with Crippen LogP contribution in [0, 0.1) is 5.92 Å². The van der Waals surface area contributed by atoms with Gasteiger partial charge in [-0.25, -0.2) is 4.99 Å². The smallest absolute Gasteiger partial charge is 0.243 e. The summed E-state index contributed by atoms with van der Waals surface area (Å²) in [5.74, 6) is 2.11. The number of ether oxygens (including phenoxy) is 2. The van der Waals surface area contributed by atoms with Crippen molar-refractivity contribution in [1.82, 2.24) is 20.4 Å². The minimum absolute atomic E-state index is 0.0202. The van der Waals surface area contributed by atoms with Crippen LogP contribution in [0.4, 0.5) is 0 Å². The Morgan fingerprint density at radius 2 is 1.88 bits per heavy atom. The first-order chi connectivity index (χ1) is 15.4. The molecular formula is C24H41N5O3. The number of carbonyl (C=O) groups is 1. The van der Waals surface area contributed by atoms with Crippen LogP contribution in [0.15, 0.2) is 29.3 Å². The summed E-state index contributed by atoms with van der Waals surface area (Å²) in [7, 11) is 5.17. The summed E-state index contributed by atoms with van der Waals surface area (Å²) >= 11 is 0. The fraction of sp³-hybridized carbons (Fsp3) is 0.667. The van der Waals surface area contributed by atoms with Gasteiger partial charge in [0.15, 0.2) is 5.96 Å². The van der Waals surface area contributed by atoms with Gasteiger partial charge < -0.3 is 25.0 Å². The number of likely N-dealkylation sites (N-methyl/N-ethyl adjacent to an activating group) is 1. The van der Waals surface area contributed by atoms with Crippen LogP contribution in [-0.4, -0.2) is 94.9 Å². The molecule has 8 heteroatoms. The minimum atomic E-state index is -0.0202. The Bertz CT molecular complexity index is 700. The van der Waals surface area contributed by atoms with E-state index >= 15 is 0 Å². The fourth-order valence-electron chi connectivity index (χ4n) is 3.64. The molecule has 1 heterocycles. The van der Waals surface area contributed by atoms with Gasteiger partial charge in [0, 0.05) is 46.3 Å². The zero-order valence-electron chi connectivity index (χ0n) is 20.4. The number of nitrogens with zero attached hydrogens (tertiary/aromatic N) is 3. The predicted octanol–water partition coefficient (Wildman–Crippen LogP) is 1.61. The van der Waals surface area contributed by atoms with Crippen molar-refractivity contribution in [2.24, 2.45) is 10.9 Å². The van der Waals surface area contributed by atoms with Crippen LogP contribution in [-0.2, 0) is 16.0 Å². The predicted molar refractivity (Wildman–Crippen MR) is 129 cm³/mol. The van der Waals surface area contributed by atoms with E-state index in [9.17, 15) is 4.79 Å². The normalized spacial score (nSPS) is 16.0. The first kappa shape index (κ1) is 25.9. The van der Waals surface area contributed by atoms with Gasteiger partial charge in [-0.1, -0.05) is 26.0 Å². The number of carbonyl (C=O) groups excluding carboxylic acids is 1. The lowest BCUT2D eigenvalue weighted by Crippen LogP contribution is -2.51. The van der Waals surface area contributed by atoms with Gasteiger partial charge in [0.05, 0.1) is 20.3 Å². The lowest BCUT2D eigenvalue weighted by atomic mass is 10.0. The largest absolute Gasteiger partial charge is 0.497 e. The molecule has 1 unspecified atom stereocenters. The summed E-state index contributed by atoms with van der Waals surface area (Å²) < 4.78 is 10.8. The molecule has 1 saturated heterocycles. The summed E-state index contributed by atoms with van der Waals surface area (Å²) in [6.07, 6.45) is 1.95. The van der Waals surface area contributed by atoms with Gasteiger partial charge >= 0.3 is 0 Å². The van der Waals surface area contributed by atoms with Crippen LogP contribution in [0.3, 0.4) is 0 Å². The van der Waals surface area contributed by atoms with Crippen LogP contribution in [0.5, 0.6) is 5.75 Å². The number of morpholine rings is 1. The number of methoxy groups -OCH3 is 1. The molecule has 1 amide bonds. The van der Waals surface area contributed by atoms with Gasteiger partial charge in [0.25, 0.3) is 0 Å². The third kappa shape index (κ3) is 9.44. The number of hydrogen-bond donors (Lipinski definition) is 2. The first-order valence-electron chi connectivity index (χ1n) is 11.6. The van der Waals surface area contributed by atoms with Gasteiger partial charge in [-0.15, -0.1) is 0 Å². The van der Waals surface area contributed by atoms with Crippen molar-refractivity contribution in [2.75, 3.05) is 67.1 Å². The molecule has 1 aliphatic heterocycles. The molecule has 0 spiro atoms. The van der Waals surface area contributed by atoms with E-state index in [0.717, 1.165) is 58.0 Å². The van der Waals surface area contributed by atoms with Gasteiger partial charge in [-0.3, -0.25) is 9.69 Å². The fourth-order valence-corrected chi connectivity index (χ4v) is 3.64. The van der Waals surface area contributed by atoms with Crippen molar-refractivity contribution in [1.29, 1.82) is 0 Å². The Balaban J connectivity index is 1.97.